The summed E-state index contributed by atoms with van der Waals surface area (Å²) in [6.07, 6.45) is 4.16. The lowest BCUT2D eigenvalue weighted by molar-refractivity contribution is -0.120. The van der Waals surface area contributed by atoms with Crippen LogP contribution in [0.2, 0.25) is 5.02 Å². The molecule has 0 fully saturated rings. The molecule has 1 N–H and O–H groups in total. The van der Waals surface area contributed by atoms with E-state index in [1.165, 1.54) is 11.9 Å². The maximum Gasteiger partial charge on any atom is 0.298 e. The lowest BCUT2D eigenvalue weighted by Crippen LogP contribution is -2.13. The van der Waals surface area contributed by atoms with Crippen molar-refractivity contribution in [2.45, 2.75) is 27.2 Å². The number of nitrogens with one attached hydrogen (secondary N) is 1. The molecular weight excluding hydrogens is 466 g/mol. The molecule has 182 valence electrons. The molecule has 0 saturated carbocycles. The fourth-order valence-corrected chi connectivity index (χ4v) is 3.30. The van der Waals surface area contributed by atoms with Gasteiger partial charge in [0.05, 0.1) is 17.9 Å². The summed E-state index contributed by atoms with van der Waals surface area (Å²) in [5, 5.41) is 8.14. The Bertz CT molecular complexity index is 1210. The molecule has 0 bridgehead atoms. The van der Waals surface area contributed by atoms with Gasteiger partial charge in [0.2, 0.25) is 5.88 Å². The van der Waals surface area contributed by atoms with Crippen LogP contribution < -0.4 is 14.8 Å². The van der Waals surface area contributed by atoms with Gasteiger partial charge in [0.25, 0.3) is 6.47 Å². The van der Waals surface area contributed by atoms with E-state index in [-0.39, 0.29) is 0 Å². The number of anilines is 1. The second-order valence-corrected chi connectivity index (χ2v) is 7.95. The Kier molecular flexibility index (Phi) is 9.62. The highest BCUT2D eigenvalue weighted by molar-refractivity contribution is 6.33. The zero-order chi connectivity index (χ0) is 25.0. The zero-order valence-electron chi connectivity index (χ0n) is 19.9. The van der Waals surface area contributed by atoms with Crippen molar-refractivity contribution < 1.29 is 14.3 Å². The number of aromatic nitrogens is 4. The molecule has 0 aliphatic heterocycles. The van der Waals surface area contributed by atoms with Gasteiger partial charge in [-0.25, -0.2) is 14.6 Å². The number of nitrogens with zero attached hydrogens (tertiary/aromatic N) is 4. The minimum atomic E-state index is 0.421. The molecule has 0 spiro atoms. The van der Waals surface area contributed by atoms with Crippen LogP contribution in [0.25, 0.3) is 5.69 Å². The van der Waals surface area contributed by atoms with Gasteiger partial charge >= 0.3 is 0 Å². The van der Waals surface area contributed by atoms with Crippen LogP contribution in [0.4, 0.5) is 5.82 Å². The first-order valence-corrected chi connectivity index (χ1v) is 11.5. The minimum absolute atomic E-state index is 0.421. The van der Waals surface area contributed by atoms with Gasteiger partial charge in [0.1, 0.15) is 29.5 Å². The molecule has 8 nitrogen and oxygen atoms in total. The normalized spacial score (nSPS) is 10.2. The molecule has 0 aliphatic carbocycles. The van der Waals surface area contributed by atoms with Crippen molar-refractivity contribution in [3.8, 4) is 17.3 Å². The highest BCUT2D eigenvalue weighted by Crippen LogP contribution is 2.21. The molecule has 0 unspecified atom stereocenters. The van der Waals surface area contributed by atoms with E-state index >= 15 is 0 Å². The maximum absolute atomic E-state index is 9.84. The molecule has 4 rings (SSSR count). The summed E-state index contributed by atoms with van der Waals surface area (Å²) in [5.74, 6) is 1.79. The molecule has 2 aromatic heterocycles. The number of hydrogen-bond donors (Lipinski definition) is 1. The van der Waals surface area contributed by atoms with Crippen LogP contribution in [0.15, 0.2) is 67.1 Å². The van der Waals surface area contributed by atoms with E-state index in [2.05, 4.69) is 44.2 Å². The van der Waals surface area contributed by atoms with Gasteiger partial charge in [0.15, 0.2) is 0 Å². The molecule has 0 amide bonds. The Morgan fingerprint density at radius 3 is 2.34 bits per heavy atom. The second-order valence-electron chi connectivity index (χ2n) is 7.57. The van der Waals surface area contributed by atoms with Gasteiger partial charge in [-0.05, 0) is 44.5 Å². The number of aryl methyl sites for hydroxylation is 3. The predicted octanol–water partition coefficient (Wildman–Crippen LogP) is 5.21. The number of carbonyl (C=O) groups excluding carboxylic acids is 1. The summed E-state index contributed by atoms with van der Waals surface area (Å²) in [6, 6.07) is 17.3. The molecule has 0 radical (unpaired) electrons. The molecule has 2 aromatic carbocycles. The van der Waals surface area contributed by atoms with Crippen LogP contribution in [0.1, 0.15) is 23.7 Å². The van der Waals surface area contributed by atoms with E-state index in [0.717, 1.165) is 23.4 Å². The average Bonchev–Trinajstić information content (AvgIpc) is 3.34. The molecular formula is C26H28ClN5O3. The Hall–Kier alpha value is -3.91. The van der Waals surface area contributed by atoms with Crippen molar-refractivity contribution in [1.29, 1.82) is 0 Å². The second kappa shape index (κ2) is 13.1. The van der Waals surface area contributed by atoms with E-state index in [0.29, 0.717) is 42.1 Å². The highest BCUT2D eigenvalue weighted by Gasteiger charge is 2.07. The number of hydrogen-bond acceptors (Lipinski definition) is 7. The van der Waals surface area contributed by atoms with Crippen molar-refractivity contribution in [2.24, 2.45) is 0 Å². The zero-order valence-corrected chi connectivity index (χ0v) is 20.7. The molecule has 9 heteroatoms. The monoisotopic (exact) mass is 493 g/mol. The first-order chi connectivity index (χ1) is 17.0. The number of ether oxygens (including phenoxy) is 2. The molecule has 0 saturated heterocycles. The van der Waals surface area contributed by atoms with Crippen LogP contribution in [0, 0.1) is 13.8 Å². The van der Waals surface area contributed by atoms with E-state index in [4.69, 9.17) is 16.3 Å². The third kappa shape index (κ3) is 7.82. The summed E-state index contributed by atoms with van der Waals surface area (Å²) < 4.78 is 12.0. The fourth-order valence-electron chi connectivity index (χ4n) is 3.00. The van der Waals surface area contributed by atoms with Crippen molar-refractivity contribution in [3.05, 3.63) is 89.0 Å². The third-order valence-corrected chi connectivity index (χ3v) is 5.31. The lowest BCUT2D eigenvalue weighted by atomic mass is 10.2. The first kappa shape index (κ1) is 25.7. The van der Waals surface area contributed by atoms with Gasteiger partial charge in [0, 0.05) is 12.3 Å². The number of rotatable bonds is 9. The molecule has 4 aromatic rings. The Labute approximate surface area is 209 Å². The largest absolute Gasteiger partial charge is 0.475 e. The quantitative estimate of drug-likeness (QED) is 0.253. The predicted molar refractivity (Wildman–Crippen MR) is 137 cm³/mol. The number of halogens is 1. The van der Waals surface area contributed by atoms with Gasteiger partial charge in [-0.3, -0.25) is 4.79 Å². The molecule has 35 heavy (non-hydrogen) atoms. The smallest absolute Gasteiger partial charge is 0.298 e. The summed E-state index contributed by atoms with van der Waals surface area (Å²) in [6.45, 7) is 7.48. The van der Waals surface area contributed by atoms with Crippen molar-refractivity contribution in [3.63, 3.8) is 0 Å². The Morgan fingerprint density at radius 2 is 1.69 bits per heavy atom. The summed E-state index contributed by atoms with van der Waals surface area (Å²) in [7, 11) is 0. The van der Waals surface area contributed by atoms with E-state index < -0.39 is 0 Å². The van der Waals surface area contributed by atoms with Crippen molar-refractivity contribution in [2.75, 3.05) is 18.5 Å². The van der Waals surface area contributed by atoms with Gasteiger partial charge in [-0.2, -0.15) is 0 Å². The molecule has 2 heterocycles. The number of carbonyl (C=O) groups is 1. The van der Waals surface area contributed by atoms with E-state index in [9.17, 15) is 4.79 Å². The fraction of sp³-hybridized carbons (Fsp3) is 0.231. The van der Waals surface area contributed by atoms with Crippen LogP contribution in [0.3, 0.4) is 0 Å². The Morgan fingerprint density at radius 1 is 1.00 bits per heavy atom. The third-order valence-electron chi connectivity index (χ3n) is 4.91. The number of benzene rings is 2. The summed E-state index contributed by atoms with van der Waals surface area (Å²) >= 11 is 6.24. The van der Waals surface area contributed by atoms with Crippen LogP contribution >= 0.6 is 11.6 Å². The standard InChI is InChI=1S/C18H20ClN5O.C8H8O2/c1-3-15-17(19)18(22-12-21-15)20-9-11-25-16-8-10-24(23-16)14-6-4-13(2)5-7-14;1-7-2-4-8(5-3-7)10-6-9/h4-8,10,12H,3,9,11H2,1-2H3,(H,20,21,22);2-6H,1H3. The van der Waals surface area contributed by atoms with Gasteiger partial charge < -0.3 is 14.8 Å². The average molecular weight is 494 g/mol. The molecule has 0 atom stereocenters. The summed E-state index contributed by atoms with van der Waals surface area (Å²) in [4.78, 5) is 18.1. The maximum atomic E-state index is 9.84. The Balaban J connectivity index is 0.000000287. The topological polar surface area (TPSA) is 91.2 Å². The van der Waals surface area contributed by atoms with Crippen LogP contribution in [-0.2, 0) is 11.2 Å². The lowest BCUT2D eigenvalue weighted by Gasteiger charge is -2.09. The van der Waals surface area contributed by atoms with Crippen molar-refractivity contribution in [1.82, 2.24) is 19.7 Å². The first-order valence-electron chi connectivity index (χ1n) is 11.2. The SMILES string of the molecule is CCc1ncnc(NCCOc2ccn(-c3ccc(C)cc3)n2)c1Cl.Cc1ccc(OC=O)cc1. The minimum Gasteiger partial charge on any atom is -0.475 e. The van der Waals surface area contributed by atoms with E-state index in [1.807, 2.05) is 50.4 Å². The van der Waals surface area contributed by atoms with Crippen molar-refractivity contribution >= 4 is 23.9 Å². The van der Waals surface area contributed by atoms with E-state index in [1.54, 1.807) is 16.8 Å². The van der Waals surface area contributed by atoms with Crippen LogP contribution in [0.5, 0.6) is 11.6 Å². The molecule has 0 aliphatic rings. The highest BCUT2D eigenvalue weighted by atomic mass is 35.5. The van der Waals surface area contributed by atoms with Gasteiger partial charge in [-0.15, -0.1) is 5.10 Å². The van der Waals surface area contributed by atoms with Crippen LogP contribution in [-0.4, -0.2) is 39.4 Å². The summed E-state index contributed by atoms with van der Waals surface area (Å²) in [5.41, 5.74) is 4.20. The van der Waals surface area contributed by atoms with Gasteiger partial charge in [-0.1, -0.05) is 53.9 Å².